The third-order valence-corrected chi connectivity index (χ3v) is 5.31. The molecule has 3 amide bonds. The highest BCUT2D eigenvalue weighted by Crippen LogP contribution is 2.18. The Morgan fingerprint density at radius 3 is 2.23 bits per heavy atom. The molecule has 1 fully saturated rings. The number of nitrogens with zero attached hydrogens (tertiary/aromatic N) is 3. The largest absolute Gasteiger partial charge is 0.466 e. The molecule has 30 heavy (non-hydrogen) atoms. The molecule has 0 bridgehead atoms. The monoisotopic (exact) mass is 425 g/mol. The van der Waals surface area contributed by atoms with Crippen molar-refractivity contribution in [3.63, 3.8) is 0 Å². The number of rotatable bonds is 12. The van der Waals surface area contributed by atoms with Crippen LogP contribution < -0.4 is 0 Å². The number of amides is 3. The maximum Gasteiger partial charge on any atom is 0.310 e. The second-order valence-electron chi connectivity index (χ2n) is 7.92. The number of likely N-dealkylation sites (N-methyl/N-ethyl adjacent to an activating group) is 1. The van der Waals surface area contributed by atoms with Gasteiger partial charge in [0.1, 0.15) is 0 Å². The molecular formula is C22H39N3O5. The quantitative estimate of drug-likeness (QED) is 0.447. The summed E-state index contributed by atoms with van der Waals surface area (Å²) in [5.41, 5.74) is 0. The standard InChI is InChI=1S/C22H39N3O5/c1-5-13-24(14-6-2)20(27)12-8-11-19(26)23(4)17-21(28)25-15-9-10-18(16-25)22(29)30-7-3/h18H,5-17H2,1-4H3. The lowest BCUT2D eigenvalue weighted by atomic mass is 9.98. The first-order valence-electron chi connectivity index (χ1n) is 11.3. The zero-order valence-electron chi connectivity index (χ0n) is 19.2. The van der Waals surface area contributed by atoms with E-state index in [1.165, 1.54) is 4.90 Å². The van der Waals surface area contributed by atoms with Gasteiger partial charge < -0.3 is 19.4 Å². The van der Waals surface area contributed by atoms with Crippen molar-refractivity contribution < 1.29 is 23.9 Å². The summed E-state index contributed by atoms with van der Waals surface area (Å²) >= 11 is 0. The molecule has 1 aliphatic rings. The van der Waals surface area contributed by atoms with E-state index in [4.69, 9.17) is 4.74 Å². The fourth-order valence-electron chi connectivity index (χ4n) is 3.69. The number of ether oxygens (including phenoxy) is 1. The van der Waals surface area contributed by atoms with Crippen LogP contribution in [0.25, 0.3) is 0 Å². The van der Waals surface area contributed by atoms with Crippen molar-refractivity contribution >= 4 is 23.7 Å². The molecule has 0 radical (unpaired) electrons. The van der Waals surface area contributed by atoms with E-state index in [1.807, 2.05) is 18.7 Å². The molecule has 0 N–H and O–H groups in total. The summed E-state index contributed by atoms with van der Waals surface area (Å²) < 4.78 is 5.07. The van der Waals surface area contributed by atoms with E-state index in [0.717, 1.165) is 38.8 Å². The average Bonchev–Trinajstić information content (AvgIpc) is 2.73. The fourth-order valence-corrected chi connectivity index (χ4v) is 3.69. The van der Waals surface area contributed by atoms with Crippen molar-refractivity contribution in [2.75, 3.05) is 46.4 Å². The van der Waals surface area contributed by atoms with Crippen LogP contribution >= 0.6 is 0 Å². The molecular weight excluding hydrogens is 386 g/mol. The molecule has 1 atom stereocenters. The van der Waals surface area contributed by atoms with Crippen LogP contribution in [0.3, 0.4) is 0 Å². The second-order valence-corrected chi connectivity index (χ2v) is 7.92. The van der Waals surface area contributed by atoms with Crippen LogP contribution in [0.1, 0.15) is 65.7 Å². The first kappa shape index (κ1) is 25.9. The summed E-state index contributed by atoms with van der Waals surface area (Å²) in [4.78, 5) is 54.1. The molecule has 1 unspecified atom stereocenters. The molecule has 8 nitrogen and oxygen atoms in total. The van der Waals surface area contributed by atoms with Gasteiger partial charge in [0.15, 0.2) is 0 Å². The van der Waals surface area contributed by atoms with Gasteiger partial charge in [-0.15, -0.1) is 0 Å². The van der Waals surface area contributed by atoms with E-state index < -0.39 is 0 Å². The van der Waals surface area contributed by atoms with Crippen LogP contribution in [0.2, 0.25) is 0 Å². The summed E-state index contributed by atoms with van der Waals surface area (Å²) in [6.45, 7) is 8.61. The maximum absolute atomic E-state index is 12.6. The number of hydrogen-bond donors (Lipinski definition) is 0. The zero-order valence-corrected chi connectivity index (χ0v) is 19.2. The highest BCUT2D eigenvalue weighted by atomic mass is 16.5. The van der Waals surface area contributed by atoms with Gasteiger partial charge in [0.25, 0.3) is 0 Å². The Labute approximate surface area is 180 Å². The Kier molecular flexibility index (Phi) is 12.1. The highest BCUT2D eigenvalue weighted by molar-refractivity contribution is 5.85. The van der Waals surface area contributed by atoms with E-state index in [9.17, 15) is 19.2 Å². The Morgan fingerprint density at radius 1 is 1.00 bits per heavy atom. The van der Waals surface area contributed by atoms with Gasteiger partial charge in [0, 0.05) is 46.1 Å². The SMILES string of the molecule is CCCN(CCC)C(=O)CCCC(=O)N(C)CC(=O)N1CCCC(C(=O)OCC)C1. The minimum absolute atomic E-state index is 0.0138. The average molecular weight is 426 g/mol. The minimum atomic E-state index is -0.288. The molecule has 1 rings (SSSR count). The lowest BCUT2D eigenvalue weighted by molar-refractivity contribution is -0.152. The van der Waals surface area contributed by atoms with Crippen molar-refractivity contribution in [1.82, 2.24) is 14.7 Å². The molecule has 172 valence electrons. The molecule has 0 aromatic carbocycles. The predicted octanol–water partition coefficient (Wildman–Crippen LogP) is 2.07. The van der Waals surface area contributed by atoms with E-state index in [2.05, 4.69) is 0 Å². The smallest absolute Gasteiger partial charge is 0.310 e. The summed E-state index contributed by atoms with van der Waals surface area (Å²) in [5, 5.41) is 0. The van der Waals surface area contributed by atoms with Gasteiger partial charge in [-0.1, -0.05) is 13.8 Å². The predicted molar refractivity (Wildman–Crippen MR) is 115 cm³/mol. The number of likely N-dealkylation sites (tertiary alicyclic amines) is 1. The third-order valence-electron chi connectivity index (χ3n) is 5.31. The Balaban J connectivity index is 2.41. The molecule has 0 aromatic rings. The maximum atomic E-state index is 12.6. The first-order valence-corrected chi connectivity index (χ1v) is 11.3. The summed E-state index contributed by atoms with van der Waals surface area (Å²) in [7, 11) is 1.61. The van der Waals surface area contributed by atoms with Crippen LogP contribution in [-0.4, -0.2) is 84.8 Å². The van der Waals surface area contributed by atoms with Gasteiger partial charge in [-0.25, -0.2) is 0 Å². The minimum Gasteiger partial charge on any atom is -0.466 e. The Morgan fingerprint density at radius 2 is 1.63 bits per heavy atom. The van der Waals surface area contributed by atoms with E-state index >= 15 is 0 Å². The number of carbonyl (C=O) groups excluding carboxylic acids is 4. The lowest BCUT2D eigenvalue weighted by Crippen LogP contribution is -2.47. The summed E-state index contributed by atoms with van der Waals surface area (Å²) in [6, 6.07) is 0. The van der Waals surface area contributed by atoms with Gasteiger partial charge in [0.2, 0.25) is 17.7 Å². The molecule has 1 saturated heterocycles. The summed E-state index contributed by atoms with van der Waals surface area (Å²) in [5.74, 6) is -0.766. The fraction of sp³-hybridized carbons (Fsp3) is 0.818. The van der Waals surface area contributed by atoms with E-state index in [-0.39, 0.29) is 42.6 Å². The molecule has 8 heteroatoms. The topological polar surface area (TPSA) is 87.2 Å². The van der Waals surface area contributed by atoms with Gasteiger partial charge in [-0.3, -0.25) is 19.2 Å². The van der Waals surface area contributed by atoms with Crippen LogP contribution in [-0.2, 0) is 23.9 Å². The van der Waals surface area contributed by atoms with Crippen molar-refractivity contribution in [2.24, 2.45) is 5.92 Å². The second kappa shape index (κ2) is 14.0. The molecule has 0 aliphatic carbocycles. The van der Waals surface area contributed by atoms with E-state index in [0.29, 0.717) is 32.5 Å². The molecule has 0 spiro atoms. The lowest BCUT2D eigenvalue weighted by Gasteiger charge is -2.32. The van der Waals surface area contributed by atoms with Gasteiger partial charge in [-0.05, 0) is 39.0 Å². The Bertz CT molecular complexity index is 575. The van der Waals surface area contributed by atoms with Crippen LogP contribution in [0, 0.1) is 5.92 Å². The number of esters is 1. The van der Waals surface area contributed by atoms with Gasteiger partial charge >= 0.3 is 5.97 Å². The van der Waals surface area contributed by atoms with Crippen molar-refractivity contribution in [3.05, 3.63) is 0 Å². The number of hydrogen-bond acceptors (Lipinski definition) is 5. The first-order chi connectivity index (χ1) is 14.3. The zero-order chi connectivity index (χ0) is 22.5. The van der Waals surface area contributed by atoms with Gasteiger partial charge in [0.05, 0.1) is 19.1 Å². The highest BCUT2D eigenvalue weighted by Gasteiger charge is 2.30. The number of carbonyl (C=O) groups is 4. The normalized spacial score (nSPS) is 16.1. The van der Waals surface area contributed by atoms with Crippen molar-refractivity contribution in [3.8, 4) is 0 Å². The molecule has 0 aromatic heterocycles. The van der Waals surface area contributed by atoms with E-state index in [1.54, 1.807) is 18.9 Å². The Hall–Kier alpha value is -2.12. The number of piperidine rings is 1. The summed E-state index contributed by atoms with van der Waals surface area (Å²) in [6.07, 6.45) is 4.38. The van der Waals surface area contributed by atoms with Gasteiger partial charge in [-0.2, -0.15) is 0 Å². The van der Waals surface area contributed by atoms with Crippen LogP contribution in [0.5, 0.6) is 0 Å². The molecule has 1 aliphatic heterocycles. The van der Waals surface area contributed by atoms with Crippen LogP contribution in [0.4, 0.5) is 0 Å². The van der Waals surface area contributed by atoms with Crippen molar-refractivity contribution in [1.29, 1.82) is 0 Å². The molecule has 0 saturated carbocycles. The van der Waals surface area contributed by atoms with Crippen molar-refractivity contribution in [2.45, 2.75) is 65.7 Å². The molecule has 1 heterocycles. The van der Waals surface area contributed by atoms with Crippen LogP contribution in [0.15, 0.2) is 0 Å². The third kappa shape index (κ3) is 8.71.